The molecule has 1 spiro atoms. The number of aliphatic hydroxyl groups is 1. The number of aliphatic hydroxyl groups excluding tert-OH is 1. The van der Waals surface area contributed by atoms with Crippen LogP contribution in [0, 0.1) is 5.41 Å². The van der Waals surface area contributed by atoms with Crippen LogP contribution in [0.5, 0.6) is 0 Å². The van der Waals surface area contributed by atoms with Gasteiger partial charge in [-0.05, 0) is 51.9 Å². The first-order valence-corrected chi connectivity index (χ1v) is 8.12. The predicted octanol–water partition coefficient (Wildman–Crippen LogP) is 2.39. The van der Waals surface area contributed by atoms with Crippen LogP contribution in [0.3, 0.4) is 0 Å². The first-order valence-electron chi connectivity index (χ1n) is 8.12. The Morgan fingerprint density at radius 3 is 2.76 bits per heavy atom. The van der Waals surface area contributed by atoms with Gasteiger partial charge in [-0.2, -0.15) is 0 Å². The molecule has 4 nitrogen and oxygen atoms in total. The molecular formula is C17H26N2O2. The molecule has 0 amide bonds. The summed E-state index contributed by atoms with van der Waals surface area (Å²) in [6, 6.07) is 6.44. The SMILES string of the molecule is CCOC1CC(O)C12CCN(C(C)c1ccccn1)CC2. The first-order chi connectivity index (χ1) is 10.2. The Hall–Kier alpha value is -0.970. The summed E-state index contributed by atoms with van der Waals surface area (Å²) in [7, 11) is 0. The molecule has 3 rings (SSSR count). The molecule has 1 aromatic rings. The van der Waals surface area contributed by atoms with Gasteiger partial charge < -0.3 is 9.84 Å². The molecule has 0 radical (unpaired) electrons. The average Bonchev–Trinajstić information content (AvgIpc) is 2.55. The summed E-state index contributed by atoms with van der Waals surface area (Å²) < 4.78 is 5.83. The molecule has 2 aliphatic rings. The van der Waals surface area contributed by atoms with Gasteiger partial charge >= 0.3 is 0 Å². The lowest BCUT2D eigenvalue weighted by molar-refractivity contribution is -0.211. The summed E-state index contributed by atoms with van der Waals surface area (Å²) in [4.78, 5) is 6.94. The zero-order valence-corrected chi connectivity index (χ0v) is 13.0. The van der Waals surface area contributed by atoms with Gasteiger partial charge in [0.15, 0.2) is 0 Å². The number of aromatic nitrogens is 1. The maximum absolute atomic E-state index is 10.3. The average molecular weight is 290 g/mol. The lowest BCUT2D eigenvalue weighted by Crippen LogP contribution is -2.62. The van der Waals surface area contributed by atoms with E-state index in [0.717, 1.165) is 44.7 Å². The highest BCUT2D eigenvalue weighted by molar-refractivity contribution is 5.11. The van der Waals surface area contributed by atoms with Crippen LogP contribution >= 0.6 is 0 Å². The Kier molecular flexibility index (Phi) is 4.29. The van der Waals surface area contributed by atoms with E-state index in [0.29, 0.717) is 6.04 Å². The number of pyridine rings is 1. The van der Waals surface area contributed by atoms with Gasteiger partial charge in [0.1, 0.15) is 0 Å². The van der Waals surface area contributed by atoms with Crippen molar-refractivity contribution in [1.82, 2.24) is 9.88 Å². The number of likely N-dealkylation sites (tertiary alicyclic amines) is 1. The second-order valence-corrected chi connectivity index (χ2v) is 6.40. The molecule has 1 saturated carbocycles. The number of hydrogen-bond acceptors (Lipinski definition) is 4. The van der Waals surface area contributed by atoms with Gasteiger partial charge in [-0.25, -0.2) is 0 Å². The lowest BCUT2D eigenvalue weighted by atomic mass is 9.58. The van der Waals surface area contributed by atoms with E-state index in [-0.39, 0.29) is 17.6 Å². The number of piperidine rings is 1. The van der Waals surface area contributed by atoms with Crippen molar-refractivity contribution in [3.8, 4) is 0 Å². The molecule has 3 atom stereocenters. The minimum atomic E-state index is -0.179. The molecular weight excluding hydrogens is 264 g/mol. The topological polar surface area (TPSA) is 45.6 Å². The Morgan fingerprint density at radius 1 is 1.43 bits per heavy atom. The largest absolute Gasteiger partial charge is 0.392 e. The molecule has 4 heteroatoms. The quantitative estimate of drug-likeness (QED) is 0.925. The maximum Gasteiger partial charge on any atom is 0.0681 e. The molecule has 1 aliphatic heterocycles. The molecule has 2 fully saturated rings. The summed E-state index contributed by atoms with van der Waals surface area (Å²) in [6.07, 6.45) is 4.79. The number of hydrogen-bond donors (Lipinski definition) is 1. The predicted molar refractivity (Wildman–Crippen MR) is 81.9 cm³/mol. The third kappa shape index (κ3) is 2.60. The van der Waals surface area contributed by atoms with Crippen LogP contribution in [0.2, 0.25) is 0 Å². The summed E-state index contributed by atoms with van der Waals surface area (Å²) in [5.74, 6) is 0. The molecule has 1 aromatic heterocycles. The monoisotopic (exact) mass is 290 g/mol. The summed E-state index contributed by atoms with van der Waals surface area (Å²) in [5, 5.41) is 10.3. The Labute approximate surface area is 127 Å². The number of rotatable bonds is 4. The fourth-order valence-electron chi connectivity index (χ4n) is 3.95. The van der Waals surface area contributed by atoms with Crippen LogP contribution in [0.15, 0.2) is 24.4 Å². The van der Waals surface area contributed by atoms with E-state index < -0.39 is 0 Å². The van der Waals surface area contributed by atoms with E-state index in [1.807, 2.05) is 25.3 Å². The molecule has 21 heavy (non-hydrogen) atoms. The Bertz CT molecular complexity index is 455. The number of nitrogens with zero attached hydrogens (tertiary/aromatic N) is 2. The highest BCUT2D eigenvalue weighted by Crippen LogP contribution is 2.51. The molecule has 1 aliphatic carbocycles. The first kappa shape index (κ1) is 14.9. The Balaban J connectivity index is 1.62. The number of ether oxygens (including phenoxy) is 1. The van der Waals surface area contributed by atoms with Gasteiger partial charge in [0, 0.05) is 30.7 Å². The van der Waals surface area contributed by atoms with Crippen molar-refractivity contribution in [2.75, 3.05) is 19.7 Å². The van der Waals surface area contributed by atoms with Gasteiger partial charge in [0.2, 0.25) is 0 Å². The highest BCUT2D eigenvalue weighted by Gasteiger charge is 2.56. The van der Waals surface area contributed by atoms with Crippen LogP contribution in [0.25, 0.3) is 0 Å². The van der Waals surface area contributed by atoms with Crippen molar-refractivity contribution in [2.24, 2.45) is 5.41 Å². The standard InChI is InChI=1S/C17H26N2O2/c1-3-21-16-12-15(20)17(16)7-10-19(11-8-17)13(2)14-6-4-5-9-18-14/h4-6,9,13,15-16,20H,3,7-8,10-12H2,1-2H3. The van der Waals surface area contributed by atoms with E-state index in [1.54, 1.807) is 0 Å². The molecule has 1 N–H and O–H groups in total. The van der Waals surface area contributed by atoms with Crippen molar-refractivity contribution in [2.45, 2.75) is 51.4 Å². The van der Waals surface area contributed by atoms with Crippen LogP contribution in [-0.2, 0) is 4.74 Å². The maximum atomic E-state index is 10.3. The van der Waals surface area contributed by atoms with Crippen molar-refractivity contribution in [3.63, 3.8) is 0 Å². The van der Waals surface area contributed by atoms with Crippen molar-refractivity contribution < 1.29 is 9.84 Å². The molecule has 116 valence electrons. The van der Waals surface area contributed by atoms with E-state index in [4.69, 9.17) is 4.74 Å². The lowest BCUT2D eigenvalue weighted by Gasteiger charge is -2.57. The van der Waals surface area contributed by atoms with Gasteiger partial charge in [0.05, 0.1) is 17.9 Å². The minimum Gasteiger partial charge on any atom is -0.392 e. The van der Waals surface area contributed by atoms with Gasteiger partial charge in [-0.15, -0.1) is 0 Å². The molecule has 0 aromatic carbocycles. The third-order valence-electron chi connectivity index (χ3n) is 5.50. The highest BCUT2D eigenvalue weighted by atomic mass is 16.5. The van der Waals surface area contributed by atoms with Crippen molar-refractivity contribution >= 4 is 0 Å². The van der Waals surface area contributed by atoms with Crippen LogP contribution in [0.1, 0.15) is 44.8 Å². The van der Waals surface area contributed by atoms with Gasteiger partial charge in [0.25, 0.3) is 0 Å². The van der Waals surface area contributed by atoms with Gasteiger partial charge in [-0.1, -0.05) is 6.07 Å². The fourth-order valence-corrected chi connectivity index (χ4v) is 3.95. The van der Waals surface area contributed by atoms with Crippen molar-refractivity contribution in [1.29, 1.82) is 0 Å². The van der Waals surface area contributed by atoms with Gasteiger partial charge in [-0.3, -0.25) is 9.88 Å². The summed E-state index contributed by atoms with van der Waals surface area (Å²) in [6.45, 7) is 7.03. The zero-order chi connectivity index (χ0) is 14.9. The second kappa shape index (κ2) is 6.03. The molecule has 3 unspecified atom stereocenters. The second-order valence-electron chi connectivity index (χ2n) is 6.40. The normalized spacial score (nSPS) is 30.0. The molecule has 1 saturated heterocycles. The van der Waals surface area contributed by atoms with E-state index in [1.165, 1.54) is 0 Å². The molecule has 2 heterocycles. The fraction of sp³-hybridized carbons (Fsp3) is 0.706. The molecule has 0 bridgehead atoms. The third-order valence-corrected chi connectivity index (χ3v) is 5.50. The van der Waals surface area contributed by atoms with Crippen LogP contribution < -0.4 is 0 Å². The van der Waals surface area contributed by atoms with Crippen molar-refractivity contribution in [3.05, 3.63) is 30.1 Å². The Morgan fingerprint density at radius 2 is 2.19 bits per heavy atom. The zero-order valence-electron chi connectivity index (χ0n) is 13.0. The summed E-state index contributed by atoms with van der Waals surface area (Å²) in [5.41, 5.74) is 1.14. The van der Waals surface area contributed by atoms with E-state index in [2.05, 4.69) is 22.9 Å². The van der Waals surface area contributed by atoms with E-state index in [9.17, 15) is 5.11 Å². The smallest absolute Gasteiger partial charge is 0.0681 e. The van der Waals surface area contributed by atoms with Crippen LogP contribution in [-0.4, -0.2) is 46.9 Å². The minimum absolute atomic E-state index is 0.0103. The summed E-state index contributed by atoms with van der Waals surface area (Å²) >= 11 is 0. The van der Waals surface area contributed by atoms with Crippen LogP contribution in [0.4, 0.5) is 0 Å². The van der Waals surface area contributed by atoms with E-state index >= 15 is 0 Å².